The van der Waals surface area contributed by atoms with Gasteiger partial charge < -0.3 is 13.3 Å². The lowest BCUT2D eigenvalue weighted by Gasteiger charge is -2.28. The van der Waals surface area contributed by atoms with Gasteiger partial charge in [0.05, 0.1) is 0 Å². The highest BCUT2D eigenvalue weighted by atomic mass is 28.4. The van der Waals surface area contributed by atoms with E-state index in [2.05, 4.69) is 15.5 Å². The van der Waals surface area contributed by atoms with Crippen molar-refractivity contribution >= 4 is 8.80 Å². The van der Waals surface area contributed by atoms with E-state index in [-0.39, 0.29) is 0 Å². The van der Waals surface area contributed by atoms with Crippen molar-refractivity contribution in [2.45, 2.75) is 40.3 Å². The second kappa shape index (κ2) is 7.57. The summed E-state index contributed by atoms with van der Waals surface area (Å²) in [4.78, 5) is 0. The van der Waals surface area contributed by atoms with E-state index in [1.54, 1.807) is 4.68 Å². The van der Waals surface area contributed by atoms with Gasteiger partial charge in [0, 0.05) is 32.4 Å². The first kappa shape index (κ1) is 15.2. The summed E-state index contributed by atoms with van der Waals surface area (Å²) in [6, 6.07) is 0.675. The third-order valence-corrected chi connectivity index (χ3v) is 5.45. The Morgan fingerprint density at radius 2 is 1.61 bits per heavy atom. The molecule has 0 amide bonds. The minimum atomic E-state index is -2.59. The van der Waals surface area contributed by atoms with E-state index in [4.69, 9.17) is 13.3 Å². The van der Waals surface area contributed by atoms with Gasteiger partial charge in [-0.25, -0.2) is 4.68 Å². The summed E-state index contributed by atoms with van der Waals surface area (Å²) >= 11 is 0. The molecule has 104 valence electrons. The second-order valence-electron chi connectivity index (χ2n) is 3.68. The largest absolute Gasteiger partial charge is 0.502 e. The van der Waals surface area contributed by atoms with Crippen LogP contribution in [-0.4, -0.2) is 48.8 Å². The van der Waals surface area contributed by atoms with Crippen molar-refractivity contribution in [2.75, 3.05) is 19.8 Å². The van der Waals surface area contributed by atoms with E-state index in [9.17, 15) is 0 Å². The van der Waals surface area contributed by atoms with Gasteiger partial charge in [0.1, 0.15) is 5.82 Å². The zero-order chi connectivity index (χ0) is 13.4. The maximum Gasteiger partial charge on any atom is 0.502 e. The monoisotopic (exact) mass is 274 g/mol. The van der Waals surface area contributed by atoms with Crippen LogP contribution in [0.25, 0.3) is 0 Å². The molecule has 0 fully saturated rings. The molecule has 7 nitrogen and oxygen atoms in total. The number of tetrazole rings is 1. The molecule has 0 bridgehead atoms. The summed E-state index contributed by atoms with van der Waals surface area (Å²) in [5.74, 6) is 0.780. The van der Waals surface area contributed by atoms with Crippen molar-refractivity contribution in [3.8, 4) is 0 Å². The molecule has 0 aliphatic rings. The highest BCUT2D eigenvalue weighted by Gasteiger charge is 2.40. The van der Waals surface area contributed by atoms with Crippen LogP contribution in [0.2, 0.25) is 6.04 Å². The van der Waals surface area contributed by atoms with Gasteiger partial charge in [0.25, 0.3) is 0 Å². The zero-order valence-electron chi connectivity index (χ0n) is 11.5. The molecular weight excluding hydrogens is 252 g/mol. The average molecular weight is 274 g/mol. The zero-order valence-corrected chi connectivity index (χ0v) is 12.5. The topological polar surface area (TPSA) is 71.3 Å². The van der Waals surface area contributed by atoms with Crippen molar-refractivity contribution in [2.24, 2.45) is 0 Å². The SMILES string of the molecule is CCO[Si](CCn1nnnc1C)(OCC)OCC. The van der Waals surface area contributed by atoms with Gasteiger partial charge in [-0.1, -0.05) is 0 Å². The highest BCUT2D eigenvalue weighted by Crippen LogP contribution is 2.17. The number of aromatic nitrogens is 4. The average Bonchev–Trinajstić information content (AvgIpc) is 2.73. The predicted octanol–water partition coefficient (Wildman–Crippen LogP) is 1.03. The molecule has 0 saturated heterocycles. The third kappa shape index (κ3) is 4.12. The minimum absolute atomic E-state index is 0.584. The lowest BCUT2D eigenvalue weighted by molar-refractivity contribution is 0.0699. The van der Waals surface area contributed by atoms with Gasteiger partial charge >= 0.3 is 8.80 Å². The van der Waals surface area contributed by atoms with Gasteiger partial charge in [-0.3, -0.25) is 0 Å². The Balaban J connectivity index is 2.67. The minimum Gasteiger partial charge on any atom is -0.374 e. The Hall–Kier alpha value is -0.833. The van der Waals surface area contributed by atoms with E-state index < -0.39 is 8.80 Å². The summed E-state index contributed by atoms with van der Waals surface area (Å²) in [6.07, 6.45) is 0. The first-order valence-electron chi connectivity index (χ1n) is 6.32. The van der Waals surface area contributed by atoms with Crippen molar-refractivity contribution in [1.82, 2.24) is 20.2 Å². The summed E-state index contributed by atoms with van der Waals surface area (Å²) in [5.41, 5.74) is 0. The standard InChI is InChI=1S/C10H22N4O3Si/c1-5-15-18(16-6-2,17-7-3)9-8-14-10(4)11-12-13-14/h5-9H2,1-4H3. The lowest BCUT2D eigenvalue weighted by Crippen LogP contribution is -2.46. The quantitative estimate of drug-likeness (QED) is 0.626. The Morgan fingerprint density at radius 3 is 2.00 bits per heavy atom. The van der Waals surface area contributed by atoms with Gasteiger partial charge in [0.15, 0.2) is 0 Å². The number of rotatable bonds is 9. The Bertz CT molecular complexity index is 331. The number of hydrogen-bond acceptors (Lipinski definition) is 6. The van der Waals surface area contributed by atoms with E-state index in [1.807, 2.05) is 27.7 Å². The van der Waals surface area contributed by atoms with E-state index in [0.29, 0.717) is 32.4 Å². The molecule has 0 atom stereocenters. The van der Waals surface area contributed by atoms with Crippen LogP contribution >= 0.6 is 0 Å². The molecule has 18 heavy (non-hydrogen) atoms. The van der Waals surface area contributed by atoms with Gasteiger partial charge in [-0.15, -0.1) is 5.10 Å². The molecular formula is C10H22N4O3Si. The maximum absolute atomic E-state index is 5.76. The molecule has 0 unspecified atom stereocenters. The second-order valence-corrected chi connectivity index (χ2v) is 6.41. The predicted molar refractivity (Wildman–Crippen MR) is 68.0 cm³/mol. The van der Waals surface area contributed by atoms with E-state index in [0.717, 1.165) is 5.82 Å². The van der Waals surface area contributed by atoms with Gasteiger partial charge in [-0.05, 0) is 38.1 Å². The Morgan fingerprint density at radius 1 is 1.06 bits per heavy atom. The van der Waals surface area contributed by atoms with Crippen LogP contribution in [0.1, 0.15) is 26.6 Å². The molecule has 0 spiro atoms. The summed E-state index contributed by atoms with van der Waals surface area (Å²) in [7, 11) is -2.59. The number of aryl methyl sites for hydroxylation is 2. The molecule has 0 aliphatic carbocycles. The Labute approximate surface area is 109 Å². The molecule has 0 aliphatic heterocycles. The third-order valence-electron chi connectivity index (χ3n) is 2.43. The highest BCUT2D eigenvalue weighted by molar-refractivity contribution is 6.60. The molecule has 1 heterocycles. The fraction of sp³-hybridized carbons (Fsp3) is 0.900. The van der Waals surface area contributed by atoms with Gasteiger partial charge in [-0.2, -0.15) is 0 Å². The normalized spacial score (nSPS) is 12.0. The van der Waals surface area contributed by atoms with Crippen LogP contribution in [0, 0.1) is 6.92 Å². The van der Waals surface area contributed by atoms with E-state index >= 15 is 0 Å². The fourth-order valence-electron chi connectivity index (χ4n) is 1.70. The van der Waals surface area contributed by atoms with Crippen LogP contribution in [0.4, 0.5) is 0 Å². The van der Waals surface area contributed by atoms with Crippen LogP contribution in [0.3, 0.4) is 0 Å². The number of hydrogen-bond donors (Lipinski definition) is 0. The van der Waals surface area contributed by atoms with E-state index in [1.165, 1.54) is 0 Å². The fourth-order valence-corrected chi connectivity index (χ4v) is 4.19. The van der Waals surface area contributed by atoms with Crippen LogP contribution in [-0.2, 0) is 19.8 Å². The number of nitrogens with zero attached hydrogens (tertiary/aromatic N) is 4. The smallest absolute Gasteiger partial charge is 0.374 e. The molecule has 1 aromatic rings. The molecule has 0 saturated carbocycles. The molecule has 0 aromatic carbocycles. The molecule has 0 N–H and O–H groups in total. The first-order valence-corrected chi connectivity index (χ1v) is 8.25. The van der Waals surface area contributed by atoms with Crippen molar-refractivity contribution in [1.29, 1.82) is 0 Å². The van der Waals surface area contributed by atoms with Crippen molar-refractivity contribution in [3.05, 3.63) is 5.82 Å². The van der Waals surface area contributed by atoms with Crippen LogP contribution < -0.4 is 0 Å². The van der Waals surface area contributed by atoms with Crippen LogP contribution in [0.15, 0.2) is 0 Å². The summed E-state index contributed by atoms with van der Waals surface area (Å²) in [5, 5.41) is 11.4. The summed E-state index contributed by atoms with van der Waals surface area (Å²) in [6.45, 7) is 10.1. The van der Waals surface area contributed by atoms with Crippen LogP contribution in [0.5, 0.6) is 0 Å². The van der Waals surface area contributed by atoms with Crippen molar-refractivity contribution < 1.29 is 13.3 Å². The first-order chi connectivity index (χ1) is 8.67. The van der Waals surface area contributed by atoms with Gasteiger partial charge in [0.2, 0.25) is 0 Å². The molecule has 1 rings (SSSR count). The lowest BCUT2D eigenvalue weighted by atomic mass is 10.6. The van der Waals surface area contributed by atoms with Crippen molar-refractivity contribution in [3.63, 3.8) is 0 Å². The molecule has 0 radical (unpaired) electrons. The molecule has 1 aromatic heterocycles. The summed E-state index contributed by atoms with van der Waals surface area (Å²) < 4.78 is 19.0. The molecule has 8 heteroatoms. The maximum atomic E-state index is 5.76. The Kier molecular flexibility index (Phi) is 6.40.